The second kappa shape index (κ2) is 2.73. The van der Waals surface area contributed by atoms with Gasteiger partial charge in [0.15, 0.2) is 0 Å². The lowest BCUT2D eigenvalue weighted by molar-refractivity contribution is 0.329. The molecule has 0 aromatic heterocycles. The van der Waals surface area contributed by atoms with Gasteiger partial charge in [0.2, 0.25) is 0 Å². The Balaban J connectivity index is 1.90. The third-order valence-electron chi connectivity index (χ3n) is 2.96. The van der Waals surface area contributed by atoms with E-state index < -0.39 is 0 Å². The van der Waals surface area contributed by atoms with E-state index in [1.807, 2.05) is 0 Å². The zero-order chi connectivity index (χ0) is 6.97. The summed E-state index contributed by atoms with van der Waals surface area (Å²) in [5.41, 5.74) is 0. The van der Waals surface area contributed by atoms with Gasteiger partial charge < -0.3 is 0 Å². The molecule has 1 heteroatoms. The minimum Gasteiger partial charge on any atom is -0.123 e. The second-order valence-electron chi connectivity index (χ2n) is 3.80. The lowest BCUT2D eigenvalue weighted by Crippen LogP contribution is -2.21. The van der Waals surface area contributed by atoms with Crippen LogP contribution < -0.4 is 0 Å². The van der Waals surface area contributed by atoms with Crippen molar-refractivity contribution >= 4 is 11.6 Å². The molecule has 0 spiro atoms. The van der Waals surface area contributed by atoms with Crippen molar-refractivity contribution in [1.82, 2.24) is 0 Å². The number of rotatable bonds is 1. The topological polar surface area (TPSA) is 0 Å². The molecule has 58 valence electrons. The van der Waals surface area contributed by atoms with Crippen LogP contribution in [0.4, 0.5) is 0 Å². The lowest BCUT2D eigenvalue weighted by atomic mass is 9.85. The highest BCUT2D eigenvalue weighted by molar-refractivity contribution is 6.20. The maximum absolute atomic E-state index is 6.22. The zero-order valence-electron chi connectivity index (χ0n) is 6.35. The van der Waals surface area contributed by atoms with Gasteiger partial charge in [-0.25, -0.2) is 0 Å². The smallest absolute Gasteiger partial charge is 0.0366 e. The van der Waals surface area contributed by atoms with Crippen LogP contribution in [-0.4, -0.2) is 5.38 Å². The second-order valence-corrected chi connectivity index (χ2v) is 4.36. The van der Waals surface area contributed by atoms with Gasteiger partial charge in [0.05, 0.1) is 0 Å². The molecule has 2 saturated carbocycles. The predicted octanol–water partition coefficient (Wildman–Crippen LogP) is 3.19. The molecule has 0 aliphatic heterocycles. The molecule has 2 aliphatic carbocycles. The van der Waals surface area contributed by atoms with Crippen LogP contribution in [0.5, 0.6) is 0 Å². The van der Waals surface area contributed by atoms with Crippen LogP contribution in [0, 0.1) is 11.8 Å². The summed E-state index contributed by atoms with van der Waals surface area (Å²) in [7, 11) is 0. The van der Waals surface area contributed by atoms with Crippen molar-refractivity contribution in [2.45, 2.75) is 43.9 Å². The predicted molar refractivity (Wildman–Crippen MR) is 44.3 cm³/mol. The van der Waals surface area contributed by atoms with Crippen molar-refractivity contribution in [3.8, 4) is 0 Å². The largest absolute Gasteiger partial charge is 0.123 e. The van der Waals surface area contributed by atoms with Gasteiger partial charge in [-0.15, -0.1) is 11.6 Å². The van der Waals surface area contributed by atoms with E-state index in [0.29, 0.717) is 5.38 Å². The first kappa shape index (κ1) is 6.97. The quantitative estimate of drug-likeness (QED) is 0.515. The van der Waals surface area contributed by atoms with Crippen LogP contribution in [-0.2, 0) is 0 Å². The molecule has 0 nitrogen and oxygen atoms in total. The fraction of sp³-hybridized carbons (Fsp3) is 1.00. The van der Waals surface area contributed by atoms with E-state index in [1.54, 1.807) is 0 Å². The van der Waals surface area contributed by atoms with Gasteiger partial charge in [-0.3, -0.25) is 0 Å². The van der Waals surface area contributed by atoms with E-state index in [-0.39, 0.29) is 0 Å². The maximum Gasteiger partial charge on any atom is 0.0366 e. The first-order chi connectivity index (χ1) is 4.88. The molecule has 2 rings (SSSR count). The van der Waals surface area contributed by atoms with Gasteiger partial charge in [-0.1, -0.05) is 12.8 Å². The highest BCUT2D eigenvalue weighted by atomic mass is 35.5. The highest BCUT2D eigenvalue weighted by Gasteiger charge is 2.36. The first-order valence-corrected chi connectivity index (χ1v) is 4.95. The number of alkyl halides is 1. The average Bonchev–Trinajstić information content (AvgIpc) is 2.71. The Morgan fingerprint density at radius 3 is 2.20 bits per heavy atom. The minimum atomic E-state index is 0.529. The summed E-state index contributed by atoms with van der Waals surface area (Å²) < 4.78 is 0. The van der Waals surface area contributed by atoms with E-state index >= 15 is 0 Å². The first-order valence-electron chi connectivity index (χ1n) is 4.52. The Hall–Kier alpha value is 0.290. The molecule has 0 aromatic rings. The van der Waals surface area contributed by atoms with Crippen molar-refractivity contribution in [3.05, 3.63) is 0 Å². The van der Waals surface area contributed by atoms with Gasteiger partial charge in [0.1, 0.15) is 0 Å². The fourth-order valence-corrected chi connectivity index (χ4v) is 2.66. The van der Waals surface area contributed by atoms with E-state index in [9.17, 15) is 0 Å². The van der Waals surface area contributed by atoms with Gasteiger partial charge in [0.25, 0.3) is 0 Å². The Kier molecular flexibility index (Phi) is 1.90. The van der Waals surface area contributed by atoms with Crippen LogP contribution in [0.25, 0.3) is 0 Å². The van der Waals surface area contributed by atoms with E-state index in [0.717, 1.165) is 11.8 Å². The minimum absolute atomic E-state index is 0.529. The third kappa shape index (κ3) is 1.32. The molecule has 2 unspecified atom stereocenters. The molecule has 2 aliphatic rings. The van der Waals surface area contributed by atoms with E-state index in [1.165, 1.54) is 38.5 Å². The van der Waals surface area contributed by atoms with Crippen LogP contribution in [0.1, 0.15) is 38.5 Å². The van der Waals surface area contributed by atoms with Gasteiger partial charge in [-0.05, 0) is 37.5 Å². The van der Waals surface area contributed by atoms with Crippen molar-refractivity contribution < 1.29 is 0 Å². The van der Waals surface area contributed by atoms with Crippen LogP contribution >= 0.6 is 11.6 Å². The monoisotopic (exact) mass is 158 g/mol. The van der Waals surface area contributed by atoms with Gasteiger partial charge >= 0.3 is 0 Å². The molecule has 0 radical (unpaired) electrons. The molecule has 0 aromatic carbocycles. The number of halogens is 1. The summed E-state index contributed by atoms with van der Waals surface area (Å²) in [6.45, 7) is 0. The molecule has 0 N–H and O–H groups in total. The Morgan fingerprint density at radius 1 is 0.900 bits per heavy atom. The fourth-order valence-electron chi connectivity index (χ4n) is 2.17. The number of hydrogen-bond donors (Lipinski definition) is 0. The van der Waals surface area contributed by atoms with Crippen LogP contribution in [0.15, 0.2) is 0 Å². The zero-order valence-corrected chi connectivity index (χ0v) is 7.11. The van der Waals surface area contributed by atoms with E-state index in [4.69, 9.17) is 11.6 Å². The summed E-state index contributed by atoms with van der Waals surface area (Å²) in [6, 6.07) is 0. The molecule has 0 saturated heterocycles. The standard InChI is InChI=1S/C9H15Cl/c10-9-4-2-1-3-8(9)7-5-6-7/h7-9H,1-6H2. The molecular weight excluding hydrogens is 144 g/mol. The normalized spacial score (nSPS) is 41.7. The summed E-state index contributed by atoms with van der Waals surface area (Å²) in [5, 5.41) is 0.529. The number of hydrogen-bond acceptors (Lipinski definition) is 0. The van der Waals surface area contributed by atoms with Crippen molar-refractivity contribution in [2.24, 2.45) is 11.8 Å². The Morgan fingerprint density at radius 2 is 1.60 bits per heavy atom. The van der Waals surface area contributed by atoms with Crippen molar-refractivity contribution in [3.63, 3.8) is 0 Å². The third-order valence-corrected chi connectivity index (χ3v) is 3.50. The Labute approximate surface area is 68.0 Å². The van der Waals surface area contributed by atoms with Crippen molar-refractivity contribution in [1.29, 1.82) is 0 Å². The molecule has 2 atom stereocenters. The van der Waals surface area contributed by atoms with Gasteiger partial charge in [0, 0.05) is 5.38 Å². The van der Waals surface area contributed by atoms with Crippen LogP contribution in [0.3, 0.4) is 0 Å². The maximum atomic E-state index is 6.22. The van der Waals surface area contributed by atoms with Crippen molar-refractivity contribution in [2.75, 3.05) is 0 Å². The molecule has 0 bridgehead atoms. The molecular formula is C9H15Cl. The lowest BCUT2D eigenvalue weighted by Gasteiger charge is -2.26. The molecule has 0 heterocycles. The summed E-state index contributed by atoms with van der Waals surface area (Å²) in [5.74, 6) is 1.93. The van der Waals surface area contributed by atoms with E-state index in [2.05, 4.69) is 0 Å². The molecule has 0 amide bonds. The summed E-state index contributed by atoms with van der Waals surface area (Å²) >= 11 is 6.22. The van der Waals surface area contributed by atoms with Gasteiger partial charge in [-0.2, -0.15) is 0 Å². The summed E-state index contributed by atoms with van der Waals surface area (Å²) in [6.07, 6.45) is 8.44. The highest BCUT2D eigenvalue weighted by Crippen LogP contribution is 2.45. The SMILES string of the molecule is ClC1CCCCC1C1CC1. The molecule has 2 fully saturated rings. The summed E-state index contributed by atoms with van der Waals surface area (Å²) in [4.78, 5) is 0. The average molecular weight is 159 g/mol. The van der Waals surface area contributed by atoms with Crippen LogP contribution in [0.2, 0.25) is 0 Å². The molecule has 10 heavy (non-hydrogen) atoms. The Bertz CT molecular complexity index is 118.